The number of benzene rings is 1. The second kappa shape index (κ2) is 6.01. The monoisotopic (exact) mass is 307 g/mol. The van der Waals surface area contributed by atoms with Crippen LogP contribution in [0.15, 0.2) is 40.8 Å². The fourth-order valence-corrected chi connectivity index (χ4v) is 2.23. The van der Waals surface area contributed by atoms with Crippen LogP contribution in [0.1, 0.15) is 39.6 Å². The molecule has 1 atom stereocenters. The average molecular weight is 308 g/mol. The molecule has 0 aliphatic carbocycles. The molecule has 5 nitrogen and oxygen atoms in total. The van der Waals surface area contributed by atoms with E-state index in [1.807, 2.05) is 25.1 Å². The quantitative estimate of drug-likeness (QED) is 0.939. The third kappa shape index (κ3) is 3.08. The van der Waals surface area contributed by atoms with Crippen molar-refractivity contribution in [1.29, 1.82) is 0 Å². The second-order valence-corrected chi connectivity index (χ2v) is 4.99. The van der Waals surface area contributed by atoms with Gasteiger partial charge in [-0.25, -0.2) is 4.79 Å². The molecule has 0 spiro atoms. The van der Waals surface area contributed by atoms with Gasteiger partial charge in [0.1, 0.15) is 0 Å². The Labute approximate surface area is 126 Å². The van der Waals surface area contributed by atoms with E-state index in [4.69, 9.17) is 21.1 Å². The number of halogens is 1. The van der Waals surface area contributed by atoms with Crippen LogP contribution in [0.3, 0.4) is 0 Å². The number of rotatable bonds is 4. The van der Waals surface area contributed by atoms with Crippen LogP contribution in [0.25, 0.3) is 0 Å². The number of nitrogens with zero attached hydrogens (tertiary/aromatic N) is 1. The second-order valence-electron chi connectivity index (χ2n) is 4.58. The average Bonchev–Trinajstić information content (AvgIpc) is 2.95. The minimum Gasteiger partial charge on any atom is -0.475 e. The summed E-state index contributed by atoms with van der Waals surface area (Å²) in [6, 6.07) is 9.57. The number of carboxylic acid groups (broad SMARTS) is 1. The molecule has 1 amide bonds. The summed E-state index contributed by atoms with van der Waals surface area (Å²) >= 11 is 6.12. The van der Waals surface area contributed by atoms with Crippen molar-refractivity contribution >= 4 is 23.5 Å². The summed E-state index contributed by atoms with van der Waals surface area (Å²) in [4.78, 5) is 24.5. The molecule has 110 valence electrons. The fraction of sp³-hybridized carbons (Fsp3) is 0.200. The number of carboxylic acids is 1. The molecule has 1 aromatic carbocycles. The first kappa shape index (κ1) is 15.1. The number of aromatic carboxylic acids is 1. The van der Waals surface area contributed by atoms with Crippen LogP contribution in [0, 0.1) is 0 Å². The number of amides is 1. The van der Waals surface area contributed by atoms with E-state index in [0.717, 1.165) is 5.56 Å². The topological polar surface area (TPSA) is 70.8 Å². The van der Waals surface area contributed by atoms with Gasteiger partial charge in [-0.05, 0) is 30.7 Å². The van der Waals surface area contributed by atoms with E-state index >= 15 is 0 Å². The molecular formula is C15H14ClNO4. The van der Waals surface area contributed by atoms with Crippen LogP contribution < -0.4 is 0 Å². The molecule has 0 bridgehead atoms. The summed E-state index contributed by atoms with van der Waals surface area (Å²) in [6.45, 7) is 1.83. The third-order valence-corrected chi connectivity index (χ3v) is 3.63. The molecule has 0 fully saturated rings. The number of carbonyl (C=O) groups excluding carboxylic acids is 1. The van der Waals surface area contributed by atoms with Gasteiger partial charge in [-0.2, -0.15) is 0 Å². The maximum atomic E-state index is 12.3. The van der Waals surface area contributed by atoms with Gasteiger partial charge in [0.25, 0.3) is 5.91 Å². The first-order valence-corrected chi connectivity index (χ1v) is 6.64. The smallest absolute Gasteiger partial charge is 0.371 e. The van der Waals surface area contributed by atoms with Crippen molar-refractivity contribution in [1.82, 2.24) is 4.90 Å². The highest BCUT2D eigenvalue weighted by atomic mass is 35.5. The highest BCUT2D eigenvalue weighted by molar-refractivity contribution is 6.31. The Morgan fingerprint density at radius 1 is 1.19 bits per heavy atom. The van der Waals surface area contributed by atoms with E-state index in [-0.39, 0.29) is 17.6 Å². The van der Waals surface area contributed by atoms with Gasteiger partial charge in [-0.3, -0.25) is 4.79 Å². The lowest BCUT2D eigenvalue weighted by Crippen LogP contribution is -2.29. The summed E-state index contributed by atoms with van der Waals surface area (Å²) in [5.41, 5.74) is 0.806. The van der Waals surface area contributed by atoms with E-state index < -0.39 is 11.9 Å². The zero-order valence-electron chi connectivity index (χ0n) is 11.5. The van der Waals surface area contributed by atoms with Gasteiger partial charge in [0.05, 0.1) is 6.04 Å². The Kier molecular flexibility index (Phi) is 4.33. The van der Waals surface area contributed by atoms with Crippen molar-refractivity contribution in [3.63, 3.8) is 0 Å². The van der Waals surface area contributed by atoms with Crippen molar-refractivity contribution in [3.05, 3.63) is 58.5 Å². The molecule has 1 N–H and O–H groups in total. The maximum Gasteiger partial charge on any atom is 0.371 e. The number of hydrogen-bond donors (Lipinski definition) is 1. The van der Waals surface area contributed by atoms with Gasteiger partial charge in [0, 0.05) is 12.1 Å². The largest absolute Gasteiger partial charge is 0.475 e. The molecule has 2 rings (SSSR count). The van der Waals surface area contributed by atoms with Gasteiger partial charge >= 0.3 is 5.97 Å². The first-order chi connectivity index (χ1) is 9.91. The lowest BCUT2D eigenvalue weighted by Gasteiger charge is -2.25. The molecule has 21 heavy (non-hydrogen) atoms. The molecule has 1 aromatic heterocycles. The number of furan rings is 1. The summed E-state index contributed by atoms with van der Waals surface area (Å²) in [7, 11) is 1.61. The van der Waals surface area contributed by atoms with E-state index in [2.05, 4.69) is 0 Å². The zero-order chi connectivity index (χ0) is 15.6. The van der Waals surface area contributed by atoms with Crippen molar-refractivity contribution in [2.45, 2.75) is 13.0 Å². The molecule has 0 aliphatic rings. The van der Waals surface area contributed by atoms with E-state index in [1.54, 1.807) is 13.1 Å². The molecule has 0 aliphatic heterocycles. The predicted octanol–water partition coefficient (Wildman–Crippen LogP) is 3.46. The molecule has 2 aromatic rings. The van der Waals surface area contributed by atoms with Crippen LogP contribution in [-0.4, -0.2) is 28.9 Å². The molecule has 6 heteroatoms. The van der Waals surface area contributed by atoms with Gasteiger partial charge < -0.3 is 14.4 Å². The third-order valence-electron chi connectivity index (χ3n) is 3.28. The standard InChI is InChI=1S/C15H14ClNO4/c1-9(10-5-3-4-6-11(10)16)17(2)14(18)12-7-8-13(21-12)15(19)20/h3-9H,1-2H3,(H,19,20). The Morgan fingerprint density at radius 3 is 2.38 bits per heavy atom. The molecule has 0 saturated heterocycles. The van der Waals surface area contributed by atoms with Crippen LogP contribution in [0.4, 0.5) is 0 Å². The van der Waals surface area contributed by atoms with Gasteiger partial charge in [0.15, 0.2) is 5.76 Å². The van der Waals surface area contributed by atoms with Crippen molar-refractivity contribution in [3.8, 4) is 0 Å². The summed E-state index contributed by atoms with van der Waals surface area (Å²) in [5, 5.41) is 9.37. The highest BCUT2D eigenvalue weighted by Gasteiger charge is 2.23. The lowest BCUT2D eigenvalue weighted by atomic mass is 10.1. The molecule has 1 unspecified atom stereocenters. The van der Waals surface area contributed by atoms with Crippen molar-refractivity contribution in [2.24, 2.45) is 0 Å². The SMILES string of the molecule is CC(c1ccccc1Cl)N(C)C(=O)c1ccc(C(=O)O)o1. The normalized spacial score (nSPS) is 12.0. The van der Waals surface area contributed by atoms with Crippen molar-refractivity contribution < 1.29 is 19.1 Å². The summed E-state index contributed by atoms with van der Waals surface area (Å²) in [5.74, 6) is -1.91. The molecule has 0 radical (unpaired) electrons. The van der Waals surface area contributed by atoms with Crippen LogP contribution >= 0.6 is 11.6 Å². The van der Waals surface area contributed by atoms with Crippen LogP contribution in [0.2, 0.25) is 5.02 Å². The molecular weight excluding hydrogens is 294 g/mol. The van der Waals surface area contributed by atoms with E-state index in [9.17, 15) is 9.59 Å². The van der Waals surface area contributed by atoms with E-state index in [1.165, 1.54) is 17.0 Å². The minimum absolute atomic E-state index is 0.0196. The van der Waals surface area contributed by atoms with Gasteiger partial charge in [-0.1, -0.05) is 29.8 Å². The van der Waals surface area contributed by atoms with Gasteiger partial charge in [0.2, 0.25) is 5.76 Å². The highest BCUT2D eigenvalue weighted by Crippen LogP contribution is 2.27. The number of carbonyl (C=O) groups is 2. The summed E-state index contributed by atoms with van der Waals surface area (Å²) in [6.07, 6.45) is 0. The summed E-state index contributed by atoms with van der Waals surface area (Å²) < 4.78 is 5.02. The van der Waals surface area contributed by atoms with Gasteiger partial charge in [-0.15, -0.1) is 0 Å². The lowest BCUT2D eigenvalue weighted by molar-refractivity contribution is 0.0647. The maximum absolute atomic E-state index is 12.3. The van der Waals surface area contributed by atoms with Crippen LogP contribution in [-0.2, 0) is 0 Å². The Morgan fingerprint density at radius 2 is 1.81 bits per heavy atom. The fourth-order valence-electron chi connectivity index (χ4n) is 1.94. The predicted molar refractivity (Wildman–Crippen MR) is 77.6 cm³/mol. The first-order valence-electron chi connectivity index (χ1n) is 6.26. The Hall–Kier alpha value is -2.27. The number of hydrogen-bond acceptors (Lipinski definition) is 3. The Balaban J connectivity index is 2.22. The Bertz CT molecular complexity index is 680. The molecule has 1 heterocycles. The van der Waals surface area contributed by atoms with Crippen LogP contribution in [0.5, 0.6) is 0 Å². The zero-order valence-corrected chi connectivity index (χ0v) is 12.3. The minimum atomic E-state index is -1.21. The van der Waals surface area contributed by atoms with E-state index in [0.29, 0.717) is 5.02 Å². The van der Waals surface area contributed by atoms with Crippen molar-refractivity contribution in [2.75, 3.05) is 7.05 Å². The molecule has 0 saturated carbocycles.